The molecule has 0 spiro atoms. The van der Waals surface area contributed by atoms with E-state index in [9.17, 15) is 4.79 Å². The van der Waals surface area contributed by atoms with Crippen molar-refractivity contribution in [1.82, 2.24) is 4.98 Å². The molecule has 0 bridgehead atoms. The average Bonchev–Trinajstić information content (AvgIpc) is 2.95. The van der Waals surface area contributed by atoms with Crippen LogP contribution < -0.4 is 0 Å². The summed E-state index contributed by atoms with van der Waals surface area (Å²) in [5.74, 6) is 0.0758. The molecule has 3 unspecified atom stereocenters. The molecular formula is C15H16BrNO2S. The molecule has 0 aliphatic heterocycles. The van der Waals surface area contributed by atoms with Crippen molar-refractivity contribution in [1.29, 1.82) is 0 Å². The van der Waals surface area contributed by atoms with E-state index in [2.05, 4.69) is 27.0 Å². The van der Waals surface area contributed by atoms with E-state index in [1.54, 1.807) is 11.3 Å². The Bertz CT molecular complexity index is 627. The van der Waals surface area contributed by atoms with Crippen LogP contribution >= 0.6 is 27.3 Å². The lowest BCUT2D eigenvalue weighted by Crippen LogP contribution is -2.30. The molecule has 1 aromatic heterocycles. The maximum absolute atomic E-state index is 12.1. The highest BCUT2D eigenvalue weighted by atomic mass is 79.9. The van der Waals surface area contributed by atoms with Gasteiger partial charge in [-0.3, -0.25) is 4.79 Å². The molecule has 1 heterocycles. The summed E-state index contributed by atoms with van der Waals surface area (Å²) in [5, 5.41) is 0. The number of esters is 1. The summed E-state index contributed by atoms with van der Waals surface area (Å²) in [7, 11) is 1.48. The lowest BCUT2D eigenvalue weighted by Gasteiger charge is -2.32. The highest BCUT2D eigenvalue weighted by molar-refractivity contribution is 9.09. The number of aromatic nitrogens is 1. The highest BCUT2D eigenvalue weighted by Crippen LogP contribution is 2.43. The van der Waals surface area contributed by atoms with Gasteiger partial charge in [-0.15, -0.1) is 11.3 Å². The zero-order valence-corrected chi connectivity index (χ0v) is 13.6. The number of nitrogens with zero attached hydrogens (tertiary/aromatic N) is 1. The Morgan fingerprint density at radius 3 is 3.10 bits per heavy atom. The molecule has 0 N–H and O–H groups in total. The number of alkyl halides is 1. The molecule has 20 heavy (non-hydrogen) atoms. The second-order valence-corrected chi connectivity index (χ2v) is 7.34. The molecule has 1 aromatic carbocycles. The van der Waals surface area contributed by atoms with Crippen molar-refractivity contribution >= 4 is 43.5 Å². The van der Waals surface area contributed by atoms with Crippen LogP contribution in [0.2, 0.25) is 0 Å². The predicted octanol–water partition coefficient (Wildman–Crippen LogP) is 4.12. The van der Waals surface area contributed by atoms with Crippen LogP contribution in [0.1, 0.15) is 30.7 Å². The quantitative estimate of drug-likeness (QED) is 0.602. The summed E-state index contributed by atoms with van der Waals surface area (Å²) < 4.78 is 6.22. The Morgan fingerprint density at radius 2 is 2.30 bits per heavy atom. The van der Waals surface area contributed by atoms with Crippen LogP contribution in [-0.2, 0) is 9.53 Å². The van der Waals surface area contributed by atoms with Crippen LogP contribution in [0, 0.1) is 5.92 Å². The molecular weight excluding hydrogens is 338 g/mol. The van der Waals surface area contributed by atoms with Gasteiger partial charge in [-0.05, 0) is 36.8 Å². The predicted molar refractivity (Wildman–Crippen MR) is 84.4 cm³/mol. The number of methoxy groups -OCH3 is 1. The third-order valence-electron chi connectivity index (χ3n) is 4.08. The Hall–Kier alpha value is -0.940. The van der Waals surface area contributed by atoms with Crippen molar-refractivity contribution in [2.75, 3.05) is 7.11 Å². The van der Waals surface area contributed by atoms with Gasteiger partial charge in [0.1, 0.15) is 0 Å². The third kappa shape index (κ3) is 2.49. The van der Waals surface area contributed by atoms with Gasteiger partial charge in [0.25, 0.3) is 0 Å². The number of rotatable bonds is 2. The first-order valence-corrected chi connectivity index (χ1v) is 8.54. The third-order valence-corrected chi connectivity index (χ3v) is 5.80. The van der Waals surface area contributed by atoms with Crippen molar-refractivity contribution in [2.24, 2.45) is 5.92 Å². The fourth-order valence-corrected chi connectivity index (χ4v) is 4.64. The van der Waals surface area contributed by atoms with Crippen LogP contribution in [0.3, 0.4) is 0 Å². The van der Waals surface area contributed by atoms with Gasteiger partial charge in [-0.25, -0.2) is 4.98 Å². The van der Waals surface area contributed by atoms with E-state index in [4.69, 9.17) is 4.74 Å². The molecule has 0 saturated heterocycles. The smallest absolute Gasteiger partial charge is 0.309 e. The molecule has 2 aromatic rings. The number of ether oxygens (including phenoxy) is 1. The molecule has 1 aliphatic carbocycles. The first kappa shape index (κ1) is 14.0. The first-order valence-electron chi connectivity index (χ1n) is 6.74. The summed E-state index contributed by atoms with van der Waals surface area (Å²) >= 11 is 5.31. The molecule has 1 saturated carbocycles. The van der Waals surface area contributed by atoms with Crippen LogP contribution in [0.5, 0.6) is 0 Å². The largest absolute Gasteiger partial charge is 0.469 e. The van der Waals surface area contributed by atoms with Gasteiger partial charge in [0.05, 0.1) is 28.8 Å². The Morgan fingerprint density at radius 1 is 1.45 bits per heavy atom. The lowest BCUT2D eigenvalue weighted by molar-refractivity contribution is -0.147. The van der Waals surface area contributed by atoms with Gasteiger partial charge in [0.2, 0.25) is 0 Å². The SMILES string of the molecule is COC(=O)C1CC(Br)CCC1c1cccc2ncsc12. The molecule has 1 aliphatic rings. The lowest BCUT2D eigenvalue weighted by atomic mass is 9.75. The van der Waals surface area contributed by atoms with Crippen LogP contribution in [0.25, 0.3) is 10.2 Å². The molecule has 0 radical (unpaired) electrons. The van der Waals surface area contributed by atoms with E-state index < -0.39 is 0 Å². The molecule has 0 amide bonds. The van der Waals surface area contributed by atoms with Crippen molar-refractivity contribution in [3.05, 3.63) is 29.3 Å². The normalized spacial score (nSPS) is 26.6. The fraction of sp³-hybridized carbons (Fsp3) is 0.467. The molecule has 1 fully saturated rings. The van der Waals surface area contributed by atoms with Crippen molar-refractivity contribution < 1.29 is 9.53 Å². The van der Waals surface area contributed by atoms with Gasteiger partial charge < -0.3 is 4.74 Å². The number of halogens is 1. The fourth-order valence-electron chi connectivity index (χ4n) is 3.10. The molecule has 3 atom stereocenters. The number of hydrogen-bond acceptors (Lipinski definition) is 4. The van der Waals surface area contributed by atoms with Gasteiger partial charge >= 0.3 is 5.97 Å². The number of hydrogen-bond donors (Lipinski definition) is 0. The minimum absolute atomic E-state index is 0.0641. The van der Waals surface area contributed by atoms with E-state index in [1.165, 1.54) is 17.4 Å². The summed E-state index contributed by atoms with van der Waals surface area (Å²) in [6.07, 6.45) is 2.94. The minimum atomic E-state index is -0.0966. The number of thiazole rings is 1. The van der Waals surface area contributed by atoms with Crippen LogP contribution in [-0.4, -0.2) is 22.9 Å². The summed E-state index contributed by atoms with van der Waals surface area (Å²) in [6, 6.07) is 6.19. The van der Waals surface area contributed by atoms with Crippen molar-refractivity contribution in [2.45, 2.75) is 30.0 Å². The number of carbonyl (C=O) groups excluding carboxylic acids is 1. The van der Waals surface area contributed by atoms with Gasteiger partial charge in [-0.1, -0.05) is 28.1 Å². The summed E-state index contributed by atoms with van der Waals surface area (Å²) in [4.78, 5) is 16.9. The van der Waals surface area contributed by atoms with Crippen molar-refractivity contribution in [3.63, 3.8) is 0 Å². The van der Waals surface area contributed by atoms with E-state index >= 15 is 0 Å². The van der Waals surface area contributed by atoms with E-state index in [0.29, 0.717) is 4.83 Å². The maximum atomic E-state index is 12.1. The minimum Gasteiger partial charge on any atom is -0.469 e. The zero-order valence-electron chi connectivity index (χ0n) is 11.2. The summed E-state index contributed by atoms with van der Waals surface area (Å²) in [6.45, 7) is 0. The first-order chi connectivity index (χ1) is 9.70. The number of carbonyl (C=O) groups is 1. The average molecular weight is 354 g/mol. The second-order valence-electron chi connectivity index (χ2n) is 5.19. The van der Waals surface area contributed by atoms with Crippen LogP contribution in [0.4, 0.5) is 0 Å². The van der Waals surface area contributed by atoms with E-state index in [-0.39, 0.29) is 17.8 Å². The molecule has 106 valence electrons. The van der Waals surface area contributed by atoms with Crippen molar-refractivity contribution in [3.8, 4) is 0 Å². The highest BCUT2D eigenvalue weighted by Gasteiger charge is 2.36. The topological polar surface area (TPSA) is 39.2 Å². The zero-order chi connectivity index (χ0) is 14.1. The van der Waals surface area contributed by atoms with Gasteiger partial charge in [0.15, 0.2) is 0 Å². The van der Waals surface area contributed by atoms with Crippen LogP contribution in [0.15, 0.2) is 23.7 Å². The molecule has 3 nitrogen and oxygen atoms in total. The maximum Gasteiger partial charge on any atom is 0.309 e. The molecule has 5 heteroatoms. The summed E-state index contributed by atoms with van der Waals surface area (Å²) in [5.41, 5.74) is 4.15. The number of fused-ring (bicyclic) bond motifs is 1. The Kier molecular flexibility index (Phi) is 4.08. The van der Waals surface area contributed by atoms with E-state index in [0.717, 1.165) is 24.8 Å². The van der Waals surface area contributed by atoms with Gasteiger partial charge in [-0.2, -0.15) is 0 Å². The van der Waals surface area contributed by atoms with E-state index in [1.807, 2.05) is 17.6 Å². The second kappa shape index (κ2) is 5.82. The Labute approximate surface area is 130 Å². The Balaban J connectivity index is 2.02. The standard InChI is InChI=1S/C15H16BrNO2S/c1-19-15(18)12-7-9(16)5-6-10(12)11-3-2-4-13-14(11)20-8-17-13/h2-4,8-10,12H,5-7H2,1H3. The number of benzene rings is 1. The monoisotopic (exact) mass is 353 g/mol. The molecule has 3 rings (SSSR count). The van der Waals surface area contributed by atoms with Gasteiger partial charge in [0, 0.05) is 4.83 Å².